The van der Waals surface area contributed by atoms with E-state index in [1.807, 2.05) is 0 Å². The number of rotatable bonds is 4. The highest BCUT2D eigenvalue weighted by atomic mass is 35.5. The van der Waals surface area contributed by atoms with E-state index >= 15 is 4.39 Å². The minimum Gasteiger partial charge on any atom is -0.420 e. The third-order valence-corrected chi connectivity index (χ3v) is 8.36. The molecule has 0 amide bonds. The number of anilines is 1. The van der Waals surface area contributed by atoms with Crippen molar-refractivity contribution in [2.24, 2.45) is 5.73 Å². The lowest BCUT2D eigenvalue weighted by molar-refractivity contribution is -0.0305. The molecule has 0 saturated carbocycles. The number of halogens is 4. The Morgan fingerprint density at radius 3 is 2.69 bits per heavy atom. The monoisotopic (exact) mass is 541 g/mol. The fourth-order valence-electron chi connectivity index (χ4n) is 4.59. The number of nitrogens with one attached hydrogen (secondary N) is 1. The zero-order valence-corrected chi connectivity index (χ0v) is 20.5. The van der Waals surface area contributed by atoms with Crippen LogP contribution in [0.3, 0.4) is 0 Å². The first-order valence-electron chi connectivity index (χ1n) is 11.2. The van der Waals surface area contributed by atoms with Crippen LogP contribution in [-0.2, 0) is 16.4 Å². The number of alkyl halides is 2. The highest BCUT2D eigenvalue weighted by Gasteiger charge is 2.39. The molecular formula is C23H23ClF3N5O3S. The van der Waals surface area contributed by atoms with Gasteiger partial charge in [-0.2, -0.15) is 0 Å². The number of nitrogens with two attached hydrogens (primary N) is 1. The third kappa shape index (κ3) is 5.08. The molecule has 2 aliphatic heterocycles. The van der Waals surface area contributed by atoms with E-state index in [1.165, 1.54) is 6.07 Å². The lowest BCUT2D eigenvalue weighted by Gasteiger charge is -2.27. The number of benzene rings is 2. The van der Waals surface area contributed by atoms with E-state index in [0.717, 1.165) is 11.6 Å². The van der Waals surface area contributed by atoms with E-state index < -0.39 is 46.5 Å². The van der Waals surface area contributed by atoms with Crippen LogP contribution in [0.2, 0.25) is 5.02 Å². The molecule has 1 aromatic heterocycles. The Morgan fingerprint density at radius 1 is 1.22 bits per heavy atom. The Bertz CT molecular complexity index is 1380. The fourth-order valence-corrected chi connectivity index (χ4v) is 6.35. The summed E-state index contributed by atoms with van der Waals surface area (Å²) in [5.74, 6) is -5.17. The third-order valence-electron chi connectivity index (χ3n) is 6.24. The van der Waals surface area contributed by atoms with Crippen LogP contribution < -0.4 is 16.0 Å². The van der Waals surface area contributed by atoms with E-state index in [2.05, 4.69) is 15.5 Å². The van der Waals surface area contributed by atoms with Gasteiger partial charge < -0.3 is 20.4 Å². The van der Waals surface area contributed by atoms with Crippen LogP contribution in [0.15, 0.2) is 45.7 Å². The number of sulfone groups is 1. The first kappa shape index (κ1) is 25.0. The van der Waals surface area contributed by atoms with Crippen molar-refractivity contribution in [2.45, 2.75) is 35.7 Å². The molecule has 0 aliphatic carbocycles. The van der Waals surface area contributed by atoms with Crippen molar-refractivity contribution in [3.63, 3.8) is 0 Å². The van der Waals surface area contributed by atoms with E-state index in [0.29, 0.717) is 5.02 Å². The van der Waals surface area contributed by atoms with Crippen molar-refractivity contribution in [3.8, 4) is 11.5 Å². The molecular weight excluding hydrogens is 519 g/mol. The largest absolute Gasteiger partial charge is 0.420 e. The number of aromatic nitrogens is 2. The lowest BCUT2D eigenvalue weighted by Crippen LogP contribution is -2.43. The van der Waals surface area contributed by atoms with Crippen molar-refractivity contribution in [1.29, 1.82) is 0 Å². The van der Waals surface area contributed by atoms with Gasteiger partial charge in [0.25, 0.3) is 11.8 Å². The van der Waals surface area contributed by atoms with E-state index in [1.54, 1.807) is 29.2 Å². The van der Waals surface area contributed by atoms with Crippen LogP contribution in [0, 0.1) is 5.82 Å². The molecule has 8 nitrogen and oxygen atoms in total. The van der Waals surface area contributed by atoms with Crippen LogP contribution in [0.4, 0.5) is 18.9 Å². The molecule has 1 saturated heterocycles. The minimum atomic E-state index is -3.89. The molecule has 3 aromatic rings. The summed E-state index contributed by atoms with van der Waals surface area (Å²) in [6.45, 7) is 0.257. The topological polar surface area (TPSA) is 114 Å². The van der Waals surface area contributed by atoms with Crippen LogP contribution >= 0.6 is 11.6 Å². The standard InChI is InChI=1S/C23H23ClF3N5O3S/c24-15-3-1-13(2-4-15)9-32-10-16(28)11-36(33,34)20-6-18(25)17(5-19(20)32)22-31-30-21(35-22)14-7-23(26,27)12-29-8-14/h1-6,14,16,29H,7-12,28H2/t14?,16-/m1/s1. The molecule has 36 heavy (non-hydrogen) atoms. The maximum Gasteiger partial charge on any atom is 0.261 e. The quantitative estimate of drug-likeness (QED) is 0.517. The van der Waals surface area contributed by atoms with Gasteiger partial charge in [0.05, 0.1) is 34.4 Å². The first-order valence-corrected chi connectivity index (χ1v) is 13.3. The summed E-state index contributed by atoms with van der Waals surface area (Å²) in [5.41, 5.74) is 7.06. The van der Waals surface area contributed by atoms with Gasteiger partial charge in [-0.3, -0.25) is 0 Å². The fraction of sp³-hybridized carbons (Fsp3) is 0.391. The zero-order valence-electron chi connectivity index (χ0n) is 18.9. The van der Waals surface area contributed by atoms with Gasteiger partial charge >= 0.3 is 0 Å². The summed E-state index contributed by atoms with van der Waals surface area (Å²) in [7, 11) is -3.89. The normalized spacial score (nSPS) is 23.2. The van der Waals surface area contributed by atoms with Crippen molar-refractivity contribution in [3.05, 3.63) is 58.7 Å². The van der Waals surface area contributed by atoms with Gasteiger partial charge in [-0.25, -0.2) is 21.6 Å². The average molecular weight is 542 g/mol. The zero-order chi connectivity index (χ0) is 25.7. The van der Waals surface area contributed by atoms with Crippen LogP contribution in [0.1, 0.15) is 23.8 Å². The second-order valence-corrected chi connectivity index (χ2v) is 11.6. The van der Waals surface area contributed by atoms with Crippen LogP contribution in [-0.4, -0.2) is 56.0 Å². The second-order valence-electron chi connectivity index (χ2n) is 9.18. The highest BCUT2D eigenvalue weighted by molar-refractivity contribution is 7.91. The lowest BCUT2D eigenvalue weighted by atomic mass is 9.97. The van der Waals surface area contributed by atoms with Gasteiger partial charge in [-0.1, -0.05) is 23.7 Å². The molecule has 2 atom stereocenters. The Hall–Kier alpha value is -2.67. The van der Waals surface area contributed by atoms with Gasteiger partial charge in [0.15, 0.2) is 9.84 Å². The molecule has 192 valence electrons. The van der Waals surface area contributed by atoms with Gasteiger partial charge in [-0.15, -0.1) is 10.2 Å². The molecule has 2 aromatic carbocycles. The second kappa shape index (κ2) is 9.33. The van der Waals surface area contributed by atoms with Gasteiger partial charge in [-0.05, 0) is 29.8 Å². The number of hydrogen-bond donors (Lipinski definition) is 2. The van der Waals surface area contributed by atoms with E-state index in [-0.39, 0.29) is 53.3 Å². The SMILES string of the molecule is N[C@@H]1CN(Cc2ccc(Cl)cc2)c2cc(-c3nnc(C4CNCC(F)(F)C4)o3)c(F)cc2S(=O)(=O)C1. The molecule has 0 spiro atoms. The first-order chi connectivity index (χ1) is 17.0. The smallest absolute Gasteiger partial charge is 0.261 e. The van der Waals surface area contributed by atoms with E-state index in [4.69, 9.17) is 21.8 Å². The Balaban J connectivity index is 1.54. The number of nitrogens with zero attached hydrogens (tertiary/aromatic N) is 3. The Kier molecular flexibility index (Phi) is 6.48. The maximum atomic E-state index is 15.2. The molecule has 0 radical (unpaired) electrons. The molecule has 0 bridgehead atoms. The van der Waals surface area contributed by atoms with Crippen LogP contribution in [0.25, 0.3) is 11.5 Å². The van der Waals surface area contributed by atoms with Gasteiger partial charge in [0, 0.05) is 37.1 Å². The number of hydrogen-bond acceptors (Lipinski definition) is 8. The van der Waals surface area contributed by atoms with Gasteiger partial charge in [0.2, 0.25) is 5.89 Å². The van der Waals surface area contributed by atoms with Crippen molar-refractivity contribution < 1.29 is 26.0 Å². The molecule has 1 fully saturated rings. The highest BCUT2D eigenvalue weighted by Crippen LogP contribution is 2.38. The molecule has 5 rings (SSSR count). The summed E-state index contributed by atoms with van der Waals surface area (Å²) in [6.07, 6.45) is -0.473. The number of fused-ring (bicyclic) bond motifs is 1. The predicted molar refractivity (Wildman–Crippen MR) is 127 cm³/mol. The molecule has 2 aliphatic rings. The van der Waals surface area contributed by atoms with Gasteiger partial charge in [0.1, 0.15) is 5.82 Å². The number of piperidine rings is 1. The van der Waals surface area contributed by atoms with Crippen LogP contribution in [0.5, 0.6) is 0 Å². The van der Waals surface area contributed by atoms with Crippen molar-refractivity contribution in [1.82, 2.24) is 15.5 Å². The molecule has 3 heterocycles. The minimum absolute atomic E-state index is 0.0427. The summed E-state index contributed by atoms with van der Waals surface area (Å²) in [4.78, 5) is 1.56. The summed E-state index contributed by atoms with van der Waals surface area (Å²) >= 11 is 5.98. The Labute approximate surface area is 210 Å². The van der Waals surface area contributed by atoms with Crippen molar-refractivity contribution >= 4 is 27.1 Å². The summed E-state index contributed by atoms with van der Waals surface area (Å²) in [6, 6.07) is 8.58. The predicted octanol–water partition coefficient (Wildman–Crippen LogP) is 3.36. The maximum absolute atomic E-state index is 15.2. The molecule has 3 N–H and O–H groups in total. The van der Waals surface area contributed by atoms with E-state index in [9.17, 15) is 17.2 Å². The summed E-state index contributed by atoms with van der Waals surface area (Å²) < 4.78 is 74.5. The molecule has 1 unspecified atom stereocenters. The average Bonchev–Trinajstić information content (AvgIpc) is 3.26. The summed E-state index contributed by atoms with van der Waals surface area (Å²) in [5, 5.41) is 10.9. The van der Waals surface area contributed by atoms with Crippen molar-refractivity contribution in [2.75, 3.05) is 30.3 Å². The Morgan fingerprint density at radius 2 is 1.97 bits per heavy atom. The molecule has 13 heteroatoms.